The lowest BCUT2D eigenvalue weighted by Crippen LogP contribution is -2.54. The molecule has 1 fully saturated rings. The number of piperidine rings is 1. The van der Waals surface area contributed by atoms with E-state index in [4.69, 9.17) is 9.47 Å². The Morgan fingerprint density at radius 1 is 0.885 bits per heavy atom. The van der Waals surface area contributed by atoms with Crippen LogP contribution < -0.4 is 20.1 Å². The predicted octanol–water partition coefficient (Wildman–Crippen LogP) is 5.86. The van der Waals surface area contributed by atoms with E-state index in [0.29, 0.717) is 18.8 Å². The SMILES string of the molecule is CCC(c1ccc(OCCCCCNc2ccc3c(c2)C(=O)N(C2CCC(=O)NC2=O)C3=O)cc1)c1ccc(OCc2ccnc(C(C)=O)n2)cc1. The third-order valence-electron chi connectivity index (χ3n) is 9.25. The summed E-state index contributed by atoms with van der Waals surface area (Å²) in [5.41, 5.74) is 4.28. The molecule has 0 aliphatic carbocycles. The largest absolute Gasteiger partial charge is 0.494 e. The van der Waals surface area contributed by atoms with Crippen LogP contribution in [0.1, 0.15) is 106 Å². The van der Waals surface area contributed by atoms with Gasteiger partial charge in [0.05, 0.1) is 23.4 Å². The van der Waals surface area contributed by atoms with Gasteiger partial charge in [0.2, 0.25) is 11.8 Å². The Kier molecular flexibility index (Phi) is 11.3. The molecular formula is C40H41N5O7. The Hall–Kier alpha value is -5.91. The molecule has 3 aromatic carbocycles. The van der Waals surface area contributed by atoms with Gasteiger partial charge in [0.15, 0.2) is 11.6 Å². The summed E-state index contributed by atoms with van der Waals surface area (Å²) in [4.78, 5) is 70.5. The van der Waals surface area contributed by atoms with Crippen molar-refractivity contribution < 1.29 is 33.4 Å². The van der Waals surface area contributed by atoms with Gasteiger partial charge in [-0.15, -0.1) is 0 Å². The molecular weight excluding hydrogens is 662 g/mol. The number of fused-ring (bicyclic) bond motifs is 1. The summed E-state index contributed by atoms with van der Waals surface area (Å²) in [6.45, 7) is 5.12. The number of carbonyl (C=O) groups is 5. The van der Waals surface area contributed by atoms with Crippen molar-refractivity contribution in [3.8, 4) is 11.5 Å². The summed E-state index contributed by atoms with van der Waals surface area (Å²) < 4.78 is 11.9. The molecule has 3 heterocycles. The molecule has 0 bridgehead atoms. The second-order valence-electron chi connectivity index (χ2n) is 12.9. The van der Waals surface area contributed by atoms with Gasteiger partial charge < -0.3 is 14.8 Å². The van der Waals surface area contributed by atoms with E-state index in [9.17, 15) is 24.0 Å². The molecule has 268 valence electrons. The summed E-state index contributed by atoms with van der Waals surface area (Å²) in [6, 6.07) is 22.1. The first-order valence-corrected chi connectivity index (χ1v) is 17.6. The number of unbranched alkanes of at least 4 members (excludes halogenated alkanes) is 2. The normalized spacial score (nSPS) is 16.0. The highest BCUT2D eigenvalue weighted by Gasteiger charge is 2.44. The third kappa shape index (κ3) is 8.34. The molecule has 2 aliphatic rings. The number of ether oxygens (including phenoxy) is 2. The van der Waals surface area contributed by atoms with Crippen molar-refractivity contribution in [3.05, 3.63) is 113 Å². The number of nitrogens with zero attached hydrogens (tertiary/aromatic N) is 3. The standard InChI is InChI=1S/C40H41N5O7/c1-3-32(27-9-14-31(15-10-27)52-24-29-19-21-42-37(43-29)25(2)46)26-7-12-30(13-8-26)51-22-6-4-5-20-41-28-11-16-33-34(23-28)40(50)45(39(33)49)35-17-18-36(47)44-38(35)48/h7-16,19,21,23,32,35,41H,3-6,17-18,20,22,24H2,1-2H3,(H,44,47,48). The second kappa shape index (κ2) is 16.4. The van der Waals surface area contributed by atoms with Crippen molar-refractivity contribution in [2.45, 2.75) is 70.9 Å². The first kappa shape index (κ1) is 35.9. The number of imide groups is 2. The number of Topliss-reactive ketones (excluding diaryl/α,β-unsaturated/α-hetero) is 1. The van der Waals surface area contributed by atoms with E-state index in [1.165, 1.54) is 18.1 Å². The van der Waals surface area contributed by atoms with Gasteiger partial charge in [-0.3, -0.25) is 34.2 Å². The van der Waals surface area contributed by atoms with Crippen LogP contribution in [0.4, 0.5) is 5.69 Å². The molecule has 2 N–H and O–H groups in total. The minimum Gasteiger partial charge on any atom is -0.494 e. The van der Waals surface area contributed by atoms with Crippen LogP contribution in [0.5, 0.6) is 11.5 Å². The highest BCUT2D eigenvalue weighted by atomic mass is 16.5. The average molecular weight is 704 g/mol. The van der Waals surface area contributed by atoms with E-state index in [1.807, 2.05) is 24.3 Å². The quantitative estimate of drug-likeness (QED) is 0.0823. The van der Waals surface area contributed by atoms with Crippen LogP contribution in [0.25, 0.3) is 0 Å². The van der Waals surface area contributed by atoms with Crippen molar-refractivity contribution in [2.75, 3.05) is 18.5 Å². The molecule has 0 saturated carbocycles. The number of hydrogen-bond acceptors (Lipinski definition) is 10. The minimum absolute atomic E-state index is 0.0850. The van der Waals surface area contributed by atoms with Crippen molar-refractivity contribution in [3.63, 3.8) is 0 Å². The number of anilines is 1. The van der Waals surface area contributed by atoms with Crippen LogP contribution in [0.3, 0.4) is 0 Å². The maximum atomic E-state index is 13.1. The average Bonchev–Trinajstić information content (AvgIpc) is 3.39. The lowest BCUT2D eigenvalue weighted by molar-refractivity contribution is -0.136. The van der Waals surface area contributed by atoms with Crippen LogP contribution in [0.2, 0.25) is 0 Å². The first-order chi connectivity index (χ1) is 25.2. The van der Waals surface area contributed by atoms with E-state index in [-0.39, 0.29) is 48.1 Å². The molecule has 4 amide bonds. The van der Waals surface area contributed by atoms with Gasteiger partial charge in [0, 0.05) is 37.7 Å². The van der Waals surface area contributed by atoms with Gasteiger partial charge in [-0.2, -0.15) is 0 Å². The summed E-state index contributed by atoms with van der Waals surface area (Å²) in [7, 11) is 0. The fourth-order valence-corrected chi connectivity index (χ4v) is 6.47. The van der Waals surface area contributed by atoms with E-state index < -0.39 is 29.7 Å². The van der Waals surface area contributed by atoms with Crippen molar-refractivity contribution in [2.24, 2.45) is 0 Å². The molecule has 1 saturated heterocycles. The summed E-state index contributed by atoms with van der Waals surface area (Å²) in [5.74, 6) is -0.285. The van der Waals surface area contributed by atoms with E-state index in [2.05, 4.69) is 51.8 Å². The number of carbonyl (C=O) groups excluding carboxylic acids is 5. The molecule has 0 radical (unpaired) electrons. The minimum atomic E-state index is -0.978. The molecule has 2 unspecified atom stereocenters. The summed E-state index contributed by atoms with van der Waals surface area (Å²) in [6.07, 6.45) is 5.41. The first-order valence-electron chi connectivity index (χ1n) is 17.6. The molecule has 2 atom stereocenters. The van der Waals surface area contributed by atoms with Gasteiger partial charge >= 0.3 is 0 Å². The Bertz CT molecular complexity index is 1960. The van der Waals surface area contributed by atoms with Gasteiger partial charge in [-0.05, 0) is 91.8 Å². The van der Waals surface area contributed by atoms with Crippen LogP contribution in [0, 0.1) is 0 Å². The predicted molar refractivity (Wildman–Crippen MR) is 192 cm³/mol. The van der Waals surface area contributed by atoms with Gasteiger partial charge in [0.25, 0.3) is 11.8 Å². The number of hydrogen-bond donors (Lipinski definition) is 2. The maximum absolute atomic E-state index is 13.1. The summed E-state index contributed by atoms with van der Waals surface area (Å²) >= 11 is 0. The summed E-state index contributed by atoms with van der Waals surface area (Å²) in [5, 5.41) is 5.53. The fourth-order valence-electron chi connectivity index (χ4n) is 6.47. The molecule has 12 nitrogen and oxygen atoms in total. The number of rotatable bonds is 16. The van der Waals surface area contributed by atoms with Crippen molar-refractivity contribution in [1.82, 2.24) is 20.2 Å². The number of ketones is 1. The smallest absolute Gasteiger partial charge is 0.262 e. The lowest BCUT2D eigenvalue weighted by atomic mass is 9.89. The van der Waals surface area contributed by atoms with E-state index >= 15 is 0 Å². The third-order valence-corrected chi connectivity index (χ3v) is 9.25. The topological polar surface area (TPSA) is 157 Å². The maximum Gasteiger partial charge on any atom is 0.262 e. The second-order valence-corrected chi connectivity index (χ2v) is 12.9. The Balaban J connectivity index is 0.909. The zero-order valence-electron chi connectivity index (χ0n) is 29.2. The Labute approximate surface area is 301 Å². The molecule has 1 aromatic heterocycles. The molecule has 0 spiro atoms. The van der Waals surface area contributed by atoms with Gasteiger partial charge in [-0.25, -0.2) is 9.97 Å². The number of amides is 4. The zero-order valence-corrected chi connectivity index (χ0v) is 29.2. The molecule has 4 aromatic rings. The number of benzene rings is 3. The van der Waals surface area contributed by atoms with Crippen molar-refractivity contribution in [1.29, 1.82) is 0 Å². The monoisotopic (exact) mass is 703 g/mol. The Morgan fingerprint density at radius 3 is 2.25 bits per heavy atom. The highest BCUT2D eigenvalue weighted by Crippen LogP contribution is 2.31. The number of nitrogens with one attached hydrogen (secondary N) is 2. The molecule has 6 rings (SSSR count). The van der Waals surface area contributed by atoms with Crippen LogP contribution in [-0.4, -0.2) is 63.5 Å². The molecule has 2 aliphatic heterocycles. The highest BCUT2D eigenvalue weighted by molar-refractivity contribution is 6.23. The zero-order chi connectivity index (χ0) is 36.6. The lowest BCUT2D eigenvalue weighted by Gasteiger charge is -2.27. The number of aromatic nitrogens is 2. The van der Waals surface area contributed by atoms with Crippen molar-refractivity contribution >= 4 is 35.1 Å². The van der Waals surface area contributed by atoms with E-state index in [1.54, 1.807) is 30.5 Å². The molecule has 12 heteroatoms. The molecule has 52 heavy (non-hydrogen) atoms. The van der Waals surface area contributed by atoms with E-state index in [0.717, 1.165) is 47.8 Å². The van der Waals surface area contributed by atoms with Gasteiger partial charge in [0.1, 0.15) is 24.1 Å². The van der Waals surface area contributed by atoms with Gasteiger partial charge in [-0.1, -0.05) is 31.2 Å². The Morgan fingerprint density at radius 2 is 1.58 bits per heavy atom. The fraction of sp³-hybridized carbons (Fsp3) is 0.325. The van der Waals surface area contributed by atoms with Crippen LogP contribution in [0.15, 0.2) is 79.0 Å². The van der Waals surface area contributed by atoms with Crippen LogP contribution >= 0.6 is 0 Å². The van der Waals surface area contributed by atoms with Crippen LogP contribution in [-0.2, 0) is 16.2 Å².